The Morgan fingerprint density at radius 3 is 1.14 bits per heavy atom. The Bertz CT molecular complexity index is 6410. The highest BCUT2D eigenvalue weighted by Gasteiger charge is 2.59. The number of cyclic esters (lactones) is 2. The van der Waals surface area contributed by atoms with Crippen LogP contribution in [0.5, 0.6) is 126 Å². The van der Waals surface area contributed by atoms with Gasteiger partial charge in [-0.15, -0.1) is 0 Å². The first-order valence-electron chi connectivity index (χ1n) is 37.8. The number of hydrogen-bond acceptors (Lipinski definition) is 52. The predicted molar refractivity (Wildman–Crippen MR) is 416 cm³/mol. The number of esters is 10. The van der Waals surface area contributed by atoms with Gasteiger partial charge in [-0.2, -0.15) is 0 Å². The van der Waals surface area contributed by atoms with Crippen molar-refractivity contribution in [1.29, 1.82) is 0 Å². The summed E-state index contributed by atoms with van der Waals surface area (Å²) in [6.07, 6.45) is -30.7. The molecule has 704 valence electrons. The molecule has 3 aliphatic carbocycles. The van der Waals surface area contributed by atoms with Crippen molar-refractivity contribution in [1.82, 2.24) is 0 Å². The van der Waals surface area contributed by atoms with Crippen LogP contribution in [-0.2, 0) is 71.2 Å². The van der Waals surface area contributed by atoms with Gasteiger partial charge < -0.3 is 210 Å². The van der Waals surface area contributed by atoms with E-state index in [1.165, 1.54) is 0 Å². The predicted octanol–water partition coefficient (Wildman–Crippen LogP) is 4.67. The molecule has 4 aliphatic heterocycles. The standard InChI is InChI=1S/C82H64O52/c83-28-1-18(2-29(84)49(28)97)71(112)129-67-66-43(125-81(133-75(116)22-9-36(91)53(101)37(92)10-22)69(67)131-73(114)20-5-32(87)51(99)33(88)6-20)16-122-77(118)24-12-39(94)55(103)60(108)46(24)48-26(79(120)128-66)15-42(58(106)62(48)110)124-64-27(14-41(96)57(105)63(64)111)80(121)134-82-70(132-74(115)21-7-34(89)52(100)35(90)8-21)68(130-72(113)19-3-30(85)50(98)31(86)4-19)65-44(126-82)17-123-76(117)23-11-38(93)54(102)59(107)45(23)47-25(78(119)127-65)13-40(95)56(104)61(47)109/h1-3,5-7,9-10,12-15,19,21,23,43-44,65-70,81-111H,4,8,11,16-17H2/t19?,21?,23?,43-,44-,65-,66-,67+,68+,69-,70-,81+,82+/m1/s1. The highest BCUT2D eigenvalue weighted by Crippen LogP contribution is 2.58. The molecular formula is C82H64O52. The lowest BCUT2D eigenvalue weighted by molar-refractivity contribution is -0.293. The molecule has 0 spiro atoms. The normalized spacial score (nSPS) is 22.9. The van der Waals surface area contributed by atoms with E-state index in [1.54, 1.807) is 0 Å². The molecule has 0 amide bonds. The van der Waals surface area contributed by atoms with Crippen molar-refractivity contribution in [3.05, 3.63) is 169 Å². The Labute approximate surface area is 738 Å². The molecule has 134 heavy (non-hydrogen) atoms. The molecule has 0 radical (unpaired) electrons. The maximum Gasteiger partial charge on any atom is 0.344 e. The van der Waals surface area contributed by atoms with E-state index in [1.807, 2.05) is 0 Å². The van der Waals surface area contributed by atoms with E-state index in [2.05, 4.69) is 0 Å². The number of hydrogen-bond donors (Lipinski definition) is 29. The summed E-state index contributed by atoms with van der Waals surface area (Å²) in [4.78, 5) is 149. The highest BCUT2D eigenvalue weighted by atomic mass is 16.8. The molecule has 3 unspecified atom stereocenters. The summed E-state index contributed by atoms with van der Waals surface area (Å²) in [5, 5.41) is 317. The number of fused-ring (bicyclic) bond motifs is 8. The fraction of sp³-hybridized carbons (Fsp3) is 0.220. The average Bonchev–Trinajstić information content (AvgIpc) is 1.06. The number of phenols is 20. The van der Waals surface area contributed by atoms with Gasteiger partial charge >= 0.3 is 59.7 Å². The topological polar surface area (TPSA) is 877 Å². The van der Waals surface area contributed by atoms with E-state index in [0.29, 0.717) is 54.6 Å². The number of allylic oxidation sites excluding steroid dienone is 3. The van der Waals surface area contributed by atoms with E-state index in [0.717, 1.165) is 0 Å². The van der Waals surface area contributed by atoms with Gasteiger partial charge in [-0.05, 0) is 60.7 Å². The Kier molecular flexibility index (Phi) is 23.7. The number of phenolic OH excluding ortho intramolecular Hbond substituents is 20. The molecule has 7 aromatic carbocycles. The number of aliphatic hydroxyl groups excluding tert-OH is 9. The number of carbonyl (C=O) groups excluding carboxylic acids is 10. The molecule has 0 saturated carbocycles. The zero-order chi connectivity index (χ0) is 97.7. The number of rotatable bonds is 14. The molecule has 52 heteroatoms. The summed E-state index contributed by atoms with van der Waals surface area (Å²) in [6.45, 7) is -3.13. The maximum absolute atomic E-state index is 15.9. The van der Waals surface area contributed by atoms with Crippen molar-refractivity contribution in [3.63, 3.8) is 0 Å². The molecule has 29 N–H and O–H groups in total. The second-order valence-electron chi connectivity index (χ2n) is 29.7. The molecule has 52 nitrogen and oxygen atoms in total. The minimum Gasteiger partial charge on any atom is -0.508 e. The molecule has 2 saturated heterocycles. The largest absolute Gasteiger partial charge is 0.508 e. The second kappa shape index (κ2) is 34.6. The molecule has 7 aliphatic rings. The summed E-state index contributed by atoms with van der Waals surface area (Å²) in [5.41, 5.74) is -14.2. The number of carbonyl (C=O) groups is 10. The van der Waals surface area contributed by atoms with Crippen LogP contribution in [0.1, 0.15) is 97.3 Å². The number of benzene rings is 7. The fourth-order valence-corrected chi connectivity index (χ4v) is 14.7. The van der Waals surface area contributed by atoms with E-state index >= 15 is 14.4 Å². The number of aliphatic hydroxyl groups is 9. The summed E-state index contributed by atoms with van der Waals surface area (Å²) < 4.78 is 75.0. The first kappa shape index (κ1) is 91.8. The van der Waals surface area contributed by atoms with E-state index in [9.17, 15) is 182 Å². The van der Waals surface area contributed by atoms with Crippen molar-refractivity contribution < 1.29 is 258 Å². The third-order valence-corrected chi connectivity index (χ3v) is 21.3. The van der Waals surface area contributed by atoms with Crippen LogP contribution in [0.3, 0.4) is 0 Å². The third-order valence-electron chi connectivity index (χ3n) is 21.3. The second-order valence-corrected chi connectivity index (χ2v) is 29.7. The van der Waals surface area contributed by atoms with Gasteiger partial charge in [0.25, 0.3) is 0 Å². The lowest BCUT2D eigenvalue weighted by Crippen LogP contribution is -2.63. The fourth-order valence-electron chi connectivity index (χ4n) is 14.7. The molecule has 4 heterocycles. The number of aromatic hydroxyl groups is 20. The van der Waals surface area contributed by atoms with Gasteiger partial charge in [0.1, 0.15) is 48.3 Å². The van der Waals surface area contributed by atoms with Gasteiger partial charge in [0.05, 0.1) is 51.1 Å². The summed E-state index contributed by atoms with van der Waals surface area (Å²) in [7, 11) is 0. The van der Waals surface area contributed by atoms with Gasteiger partial charge in [0.15, 0.2) is 157 Å². The Hall–Kier alpha value is -18.4. The summed E-state index contributed by atoms with van der Waals surface area (Å²) in [5.74, 6) is -71.0. The van der Waals surface area contributed by atoms with Crippen LogP contribution in [-0.4, -0.2) is 282 Å². The highest BCUT2D eigenvalue weighted by molar-refractivity contribution is 6.09. The van der Waals surface area contributed by atoms with E-state index < -0.39 is 411 Å². The van der Waals surface area contributed by atoms with Gasteiger partial charge in [0.2, 0.25) is 53.5 Å². The van der Waals surface area contributed by atoms with Crippen molar-refractivity contribution in [3.8, 4) is 138 Å². The minimum atomic E-state index is -3.10. The number of ether oxygens (including phenoxy) is 13. The lowest BCUT2D eigenvalue weighted by atomic mass is 9.81. The van der Waals surface area contributed by atoms with E-state index in [4.69, 9.17) is 61.6 Å². The minimum absolute atomic E-state index is 0.0737. The third kappa shape index (κ3) is 16.5. The van der Waals surface area contributed by atoms with Crippen molar-refractivity contribution >= 4 is 65.3 Å². The molecule has 13 atom stereocenters. The maximum atomic E-state index is 15.9. The van der Waals surface area contributed by atoms with Gasteiger partial charge in [-0.1, -0.05) is 0 Å². The molecule has 7 aromatic rings. The molecule has 0 bridgehead atoms. The smallest absolute Gasteiger partial charge is 0.344 e. The summed E-state index contributed by atoms with van der Waals surface area (Å²) in [6, 6.07) is 3.15. The van der Waals surface area contributed by atoms with Crippen molar-refractivity contribution in [2.45, 2.75) is 80.7 Å². The molecule has 0 aromatic heterocycles. The quantitative estimate of drug-likeness (QED) is 0.0399. The first-order chi connectivity index (χ1) is 63.0. The van der Waals surface area contributed by atoms with Crippen LogP contribution in [0.2, 0.25) is 0 Å². The zero-order valence-electron chi connectivity index (χ0n) is 66.3. The zero-order valence-corrected chi connectivity index (χ0v) is 66.3. The van der Waals surface area contributed by atoms with Crippen LogP contribution >= 0.6 is 0 Å². The molecule has 14 rings (SSSR count). The van der Waals surface area contributed by atoms with Crippen LogP contribution in [0.4, 0.5) is 0 Å². The Balaban J connectivity index is 0.920. The van der Waals surface area contributed by atoms with Gasteiger partial charge in [-0.25, -0.2) is 33.6 Å². The van der Waals surface area contributed by atoms with Gasteiger partial charge in [-0.3, -0.25) is 14.4 Å². The SMILES string of the molecule is O=C(O[C@@H]1O[C@@H]2COC(=O)c3cc(O)c(O)c(O)c3-c3c(cc(Oc4c(C(=O)O[C@@H]5O[C@@H]6COC(=O)C7CC(O)=C(O)C(O)=C7c7c(cc(O)c(O)c7O)C(=O)O[C@H]6[C@H](OC(=O)C6C=C(O)C(O)=C(O)C6)[C@H]5OC(=O)C5C=C(O)C(O)=C(O)C5)cc(O)c(O)c4O)c(O)c3O)C(=O)O[C@H]2[C@H](OC(=O)c2cc(O)c(O)c(O)c2)[C@H]1OC(=O)c1cc(O)c(O)c(O)c1)c1cc(O)c(O)c(O)c1. The molecule has 2 fully saturated rings. The van der Waals surface area contributed by atoms with Crippen LogP contribution < -0.4 is 4.74 Å². The van der Waals surface area contributed by atoms with Crippen LogP contribution in [0, 0.1) is 17.8 Å². The Morgan fingerprint density at radius 2 is 0.679 bits per heavy atom. The molecular weight excluding hydrogens is 1820 g/mol. The average molecular weight is 1880 g/mol. The first-order valence-corrected chi connectivity index (χ1v) is 37.8. The van der Waals surface area contributed by atoms with Crippen molar-refractivity contribution in [2.75, 3.05) is 13.2 Å². The van der Waals surface area contributed by atoms with Gasteiger partial charge in [0, 0.05) is 53.7 Å². The van der Waals surface area contributed by atoms with E-state index in [-0.39, 0.29) is 18.2 Å². The summed E-state index contributed by atoms with van der Waals surface area (Å²) >= 11 is 0. The van der Waals surface area contributed by atoms with Crippen LogP contribution in [0.25, 0.3) is 16.7 Å². The Morgan fingerprint density at radius 1 is 0.321 bits per heavy atom. The van der Waals surface area contributed by atoms with Crippen LogP contribution in [0.15, 0.2) is 125 Å². The van der Waals surface area contributed by atoms with Crippen molar-refractivity contribution in [2.24, 2.45) is 17.8 Å². The lowest BCUT2D eigenvalue weighted by Gasteiger charge is -2.44. The monoisotopic (exact) mass is 1880 g/mol.